The van der Waals surface area contributed by atoms with Crippen molar-refractivity contribution in [1.29, 1.82) is 0 Å². The van der Waals surface area contributed by atoms with Gasteiger partial charge in [0.05, 0.1) is 18.4 Å². The lowest BCUT2D eigenvalue weighted by Gasteiger charge is -2.08. The predicted octanol–water partition coefficient (Wildman–Crippen LogP) is 1.10. The number of aliphatic carboxylic acids is 1. The zero-order valence-corrected chi connectivity index (χ0v) is 9.47. The van der Waals surface area contributed by atoms with Crippen molar-refractivity contribution in [2.45, 2.75) is 12.8 Å². The first-order valence-electron chi connectivity index (χ1n) is 4.39. The largest absolute Gasteiger partial charge is 0.481 e. The fourth-order valence-electron chi connectivity index (χ4n) is 1.02. The standard InChI is InChI=1S/C10H16O3S/c1-4-9(11)7-8(10(12)13)5-6-14(2)3/h4,8H,1,5-7H2,2-3H3/p+1/t8-/m1/s1. The average molecular weight is 217 g/mol. The van der Waals surface area contributed by atoms with Crippen LogP contribution in [0.2, 0.25) is 0 Å². The maximum absolute atomic E-state index is 11.0. The minimum absolute atomic E-state index is 0.0794. The topological polar surface area (TPSA) is 54.4 Å². The van der Waals surface area contributed by atoms with Gasteiger partial charge in [-0.25, -0.2) is 0 Å². The fraction of sp³-hybridized carbons (Fsp3) is 0.600. The molecule has 0 amide bonds. The Morgan fingerprint density at radius 1 is 1.50 bits per heavy atom. The molecule has 0 rings (SSSR count). The summed E-state index contributed by atoms with van der Waals surface area (Å²) < 4.78 is 0. The van der Waals surface area contributed by atoms with E-state index in [1.54, 1.807) is 0 Å². The minimum atomic E-state index is -0.884. The third-order valence-corrected chi connectivity index (χ3v) is 2.95. The molecule has 0 unspecified atom stereocenters. The van der Waals surface area contributed by atoms with E-state index in [0.29, 0.717) is 6.42 Å². The Morgan fingerprint density at radius 3 is 2.43 bits per heavy atom. The molecule has 0 aromatic carbocycles. The maximum atomic E-state index is 11.0. The minimum Gasteiger partial charge on any atom is -0.481 e. The Balaban J connectivity index is 4.09. The molecule has 1 N–H and O–H groups in total. The molecule has 0 saturated carbocycles. The van der Waals surface area contributed by atoms with E-state index in [2.05, 4.69) is 19.1 Å². The van der Waals surface area contributed by atoms with Crippen LogP contribution in [0, 0.1) is 5.92 Å². The summed E-state index contributed by atoms with van der Waals surface area (Å²) in [6.07, 6.45) is 5.97. The van der Waals surface area contributed by atoms with E-state index >= 15 is 0 Å². The molecular formula is C10H17O3S+. The Hall–Kier alpha value is -0.770. The lowest BCUT2D eigenvalue weighted by molar-refractivity contribution is -0.143. The van der Waals surface area contributed by atoms with E-state index in [-0.39, 0.29) is 23.1 Å². The van der Waals surface area contributed by atoms with Crippen molar-refractivity contribution in [2.24, 2.45) is 5.92 Å². The molecule has 0 aliphatic rings. The lowest BCUT2D eigenvalue weighted by Crippen LogP contribution is -2.20. The van der Waals surface area contributed by atoms with E-state index in [1.807, 2.05) is 0 Å². The molecular weight excluding hydrogens is 200 g/mol. The molecule has 0 heterocycles. The quantitative estimate of drug-likeness (QED) is 0.513. The first kappa shape index (κ1) is 13.2. The maximum Gasteiger partial charge on any atom is 0.307 e. The third kappa shape index (κ3) is 5.80. The molecule has 0 fully saturated rings. The fourth-order valence-corrected chi connectivity index (χ4v) is 1.77. The second kappa shape index (κ2) is 6.65. The second-order valence-electron chi connectivity index (χ2n) is 3.39. The van der Waals surface area contributed by atoms with Gasteiger partial charge < -0.3 is 5.11 Å². The molecule has 0 aliphatic heterocycles. The number of carboxylic acid groups (broad SMARTS) is 1. The number of rotatable bonds is 7. The van der Waals surface area contributed by atoms with Gasteiger partial charge in [0.1, 0.15) is 5.75 Å². The van der Waals surface area contributed by atoms with Gasteiger partial charge >= 0.3 is 5.97 Å². The molecule has 0 aromatic heterocycles. The summed E-state index contributed by atoms with van der Waals surface area (Å²) >= 11 is 0. The van der Waals surface area contributed by atoms with Crippen molar-refractivity contribution in [2.75, 3.05) is 18.3 Å². The summed E-state index contributed by atoms with van der Waals surface area (Å²) in [7, 11) is 0.230. The van der Waals surface area contributed by atoms with Gasteiger partial charge in [-0.05, 0) is 17.0 Å². The van der Waals surface area contributed by atoms with Gasteiger partial charge in [-0.1, -0.05) is 6.58 Å². The van der Waals surface area contributed by atoms with Gasteiger partial charge in [0, 0.05) is 12.8 Å². The molecule has 80 valence electrons. The summed E-state index contributed by atoms with van der Waals surface area (Å²) in [6.45, 7) is 3.33. The Morgan fingerprint density at radius 2 is 2.07 bits per heavy atom. The van der Waals surface area contributed by atoms with Crippen LogP contribution in [-0.2, 0) is 20.5 Å². The van der Waals surface area contributed by atoms with Gasteiger partial charge in [0.2, 0.25) is 0 Å². The number of ketones is 1. The van der Waals surface area contributed by atoms with Crippen LogP contribution in [0.5, 0.6) is 0 Å². The lowest BCUT2D eigenvalue weighted by atomic mass is 10.00. The number of carbonyl (C=O) groups is 2. The normalized spacial score (nSPS) is 12.5. The Labute approximate surface area is 87.5 Å². The summed E-state index contributed by atoms with van der Waals surface area (Å²) in [5, 5.41) is 8.85. The predicted molar refractivity (Wildman–Crippen MR) is 59.6 cm³/mol. The van der Waals surface area contributed by atoms with Gasteiger partial charge in [-0.2, -0.15) is 0 Å². The van der Waals surface area contributed by atoms with Gasteiger partial charge in [0.15, 0.2) is 5.78 Å². The summed E-state index contributed by atoms with van der Waals surface area (Å²) in [6, 6.07) is 0. The van der Waals surface area contributed by atoms with Crippen molar-refractivity contribution < 1.29 is 14.7 Å². The molecule has 4 heteroatoms. The number of carboxylic acids is 1. The van der Waals surface area contributed by atoms with Crippen molar-refractivity contribution >= 4 is 22.6 Å². The van der Waals surface area contributed by atoms with E-state index in [1.165, 1.54) is 6.08 Å². The van der Waals surface area contributed by atoms with Crippen LogP contribution < -0.4 is 0 Å². The molecule has 0 aromatic rings. The third-order valence-electron chi connectivity index (χ3n) is 1.90. The number of hydrogen-bond donors (Lipinski definition) is 1. The van der Waals surface area contributed by atoms with Gasteiger partial charge in [0.25, 0.3) is 0 Å². The molecule has 0 radical (unpaired) electrons. The average Bonchev–Trinajstić information content (AvgIpc) is 2.10. The van der Waals surface area contributed by atoms with E-state index < -0.39 is 11.9 Å². The Kier molecular flexibility index (Phi) is 6.28. The SMILES string of the molecule is C=CC(=O)C[C@@H](CC[S+](C)C)C(=O)O. The smallest absolute Gasteiger partial charge is 0.307 e. The van der Waals surface area contributed by atoms with Crippen LogP contribution in [-0.4, -0.2) is 35.1 Å². The van der Waals surface area contributed by atoms with E-state index in [4.69, 9.17) is 5.11 Å². The second-order valence-corrected chi connectivity index (χ2v) is 5.77. The van der Waals surface area contributed by atoms with Crippen molar-refractivity contribution in [3.63, 3.8) is 0 Å². The summed E-state index contributed by atoms with van der Waals surface area (Å²) in [4.78, 5) is 21.8. The molecule has 14 heavy (non-hydrogen) atoms. The monoisotopic (exact) mass is 217 g/mol. The molecule has 3 nitrogen and oxygen atoms in total. The molecule has 0 aliphatic carbocycles. The zero-order valence-electron chi connectivity index (χ0n) is 8.66. The van der Waals surface area contributed by atoms with Crippen LogP contribution in [0.1, 0.15) is 12.8 Å². The van der Waals surface area contributed by atoms with Crippen LogP contribution in [0.4, 0.5) is 0 Å². The first-order chi connectivity index (χ1) is 6.47. The van der Waals surface area contributed by atoms with Crippen LogP contribution in [0.15, 0.2) is 12.7 Å². The van der Waals surface area contributed by atoms with Crippen molar-refractivity contribution in [1.82, 2.24) is 0 Å². The highest BCUT2D eigenvalue weighted by Gasteiger charge is 2.21. The molecule has 1 atom stereocenters. The van der Waals surface area contributed by atoms with Gasteiger partial charge in [-0.15, -0.1) is 0 Å². The zero-order chi connectivity index (χ0) is 11.1. The molecule has 0 bridgehead atoms. The van der Waals surface area contributed by atoms with Crippen molar-refractivity contribution in [3.8, 4) is 0 Å². The molecule has 0 spiro atoms. The van der Waals surface area contributed by atoms with Crippen LogP contribution in [0.3, 0.4) is 0 Å². The first-order valence-corrected chi connectivity index (χ1v) is 6.60. The van der Waals surface area contributed by atoms with Crippen molar-refractivity contribution in [3.05, 3.63) is 12.7 Å². The van der Waals surface area contributed by atoms with E-state index in [9.17, 15) is 9.59 Å². The Bertz CT molecular complexity index is 223. The number of allylic oxidation sites excluding steroid dienone is 1. The highest BCUT2D eigenvalue weighted by Crippen LogP contribution is 2.11. The summed E-state index contributed by atoms with van der Waals surface area (Å²) in [5.74, 6) is -0.757. The highest BCUT2D eigenvalue weighted by molar-refractivity contribution is 7.95. The van der Waals surface area contributed by atoms with Gasteiger partial charge in [-0.3, -0.25) is 9.59 Å². The van der Waals surface area contributed by atoms with Crippen LogP contribution >= 0.6 is 0 Å². The number of carbonyl (C=O) groups excluding carboxylic acids is 1. The molecule has 0 saturated heterocycles. The van der Waals surface area contributed by atoms with E-state index in [0.717, 1.165) is 5.75 Å². The number of hydrogen-bond acceptors (Lipinski definition) is 2. The van der Waals surface area contributed by atoms with Crippen LogP contribution in [0.25, 0.3) is 0 Å². The summed E-state index contributed by atoms with van der Waals surface area (Å²) in [5.41, 5.74) is 0. The highest BCUT2D eigenvalue weighted by atomic mass is 32.2.